The van der Waals surface area contributed by atoms with Crippen LogP contribution in [0.1, 0.15) is 36.5 Å². The summed E-state index contributed by atoms with van der Waals surface area (Å²) < 4.78 is 0. The largest absolute Gasteiger partial charge is 0.507 e. The van der Waals surface area contributed by atoms with E-state index in [9.17, 15) is 9.90 Å². The minimum Gasteiger partial charge on any atom is -0.507 e. The first-order chi connectivity index (χ1) is 9.47. The Morgan fingerprint density at radius 2 is 2.00 bits per heavy atom. The zero-order valence-electron chi connectivity index (χ0n) is 12.6. The third-order valence-corrected chi connectivity index (χ3v) is 3.87. The van der Waals surface area contributed by atoms with Crippen molar-refractivity contribution in [3.05, 3.63) is 28.8 Å². The van der Waals surface area contributed by atoms with Crippen LogP contribution in [0.15, 0.2) is 12.1 Å². The van der Waals surface area contributed by atoms with Crippen LogP contribution >= 0.6 is 0 Å². The Bertz CT molecular complexity index is 476. The Morgan fingerprint density at radius 3 is 2.55 bits per heavy atom. The Labute approximate surface area is 120 Å². The lowest BCUT2D eigenvalue weighted by Crippen LogP contribution is -2.39. The molecule has 1 amide bonds. The van der Waals surface area contributed by atoms with Gasteiger partial charge in [0.2, 0.25) is 5.91 Å². The fraction of sp³-hybridized carbons (Fsp3) is 0.562. The third kappa shape index (κ3) is 3.51. The predicted octanol–water partition coefficient (Wildman–Crippen LogP) is 2.11. The van der Waals surface area contributed by atoms with Gasteiger partial charge in [-0.15, -0.1) is 0 Å². The van der Waals surface area contributed by atoms with Gasteiger partial charge in [0.1, 0.15) is 5.75 Å². The van der Waals surface area contributed by atoms with Gasteiger partial charge in [-0.1, -0.05) is 12.1 Å². The zero-order valence-corrected chi connectivity index (χ0v) is 12.6. The summed E-state index contributed by atoms with van der Waals surface area (Å²) >= 11 is 0. The van der Waals surface area contributed by atoms with Gasteiger partial charge in [0.25, 0.3) is 0 Å². The van der Waals surface area contributed by atoms with Crippen LogP contribution < -0.4 is 5.32 Å². The number of nitrogens with one attached hydrogen (secondary N) is 1. The van der Waals surface area contributed by atoms with E-state index < -0.39 is 0 Å². The van der Waals surface area contributed by atoms with Gasteiger partial charge in [-0.2, -0.15) is 0 Å². The maximum absolute atomic E-state index is 11.6. The fourth-order valence-electron chi connectivity index (χ4n) is 2.73. The van der Waals surface area contributed by atoms with Crippen molar-refractivity contribution in [2.24, 2.45) is 0 Å². The van der Waals surface area contributed by atoms with Gasteiger partial charge in [0, 0.05) is 32.1 Å². The molecule has 1 fully saturated rings. The first-order valence-electron chi connectivity index (χ1n) is 7.27. The average Bonchev–Trinajstić information content (AvgIpc) is 2.79. The molecule has 1 heterocycles. The lowest BCUT2D eigenvalue weighted by molar-refractivity contribution is -0.127. The van der Waals surface area contributed by atoms with E-state index in [2.05, 4.69) is 12.2 Å². The summed E-state index contributed by atoms with van der Waals surface area (Å²) in [4.78, 5) is 13.5. The molecule has 0 bridgehead atoms. The van der Waals surface area contributed by atoms with Gasteiger partial charge in [-0.3, -0.25) is 4.79 Å². The van der Waals surface area contributed by atoms with Gasteiger partial charge in [-0.05, 0) is 43.9 Å². The molecule has 20 heavy (non-hydrogen) atoms. The van der Waals surface area contributed by atoms with Crippen LogP contribution in [0.4, 0.5) is 0 Å². The molecule has 1 unspecified atom stereocenters. The van der Waals surface area contributed by atoms with Gasteiger partial charge >= 0.3 is 0 Å². The quantitative estimate of drug-likeness (QED) is 0.866. The first-order valence-corrected chi connectivity index (χ1v) is 7.27. The monoisotopic (exact) mass is 276 g/mol. The second kappa shape index (κ2) is 6.27. The number of amides is 1. The first kappa shape index (κ1) is 14.9. The van der Waals surface area contributed by atoms with E-state index in [1.807, 2.05) is 30.9 Å². The van der Waals surface area contributed by atoms with E-state index in [0.29, 0.717) is 12.2 Å². The van der Waals surface area contributed by atoms with Crippen molar-refractivity contribution in [3.8, 4) is 5.75 Å². The maximum atomic E-state index is 11.6. The van der Waals surface area contributed by atoms with Crippen molar-refractivity contribution in [2.45, 2.75) is 46.2 Å². The number of phenols is 1. The van der Waals surface area contributed by atoms with Crippen molar-refractivity contribution in [1.82, 2.24) is 10.2 Å². The molecular weight excluding hydrogens is 252 g/mol. The number of likely N-dealkylation sites (tertiary alicyclic amines) is 1. The summed E-state index contributed by atoms with van der Waals surface area (Å²) in [5, 5.41) is 13.2. The topological polar surface area (TPSA) is 52.6 Å². The Morgan fingerprint density at radius 1 is 1.35 bits per heavy atom. The highest BCUT2D eigenvalue weighted by molar-refractivity contribution is 5.78. The number of hydrogen-bond acceptors (Lipinski definition) is 3. The van der Waals surface area contributed by atoms with Crippen LogP contribution in [0.5, 0.6) is 5.75 Å². The van der Waals surface area contributed by atoms with Gasteiger partial charge in [0.05, 0.1) is 0 Å². The number of carbonyl (C=O) groups is 1. The van der Waals surface area contributed by atoms with E-state index in [1.54, 1.807) is 0 Å². The molecule has 1 aliphatic heterocycles. The van der Waals surface area contributed by atoms with Crippen molar-refractivity contribution in [1.29, 1.82) is 0 Å². The van der Waals surface area contributed by atoms with Crippen LogP contribution in [0.3, 0.4) is 0 Å². The molecule has 1 saturated heterocycles. The molecule has 0 radical (unpaired) electrons. The molecule has 4 heteroatoms. The van der Waals surface area contributed by atoms with E-state index in [0.717, 1.165) is 42.7 Å². The summed E-state index contributed by atoms with van der Waals surface area (Å²) in [6, 6.07) is 4.28. The molecule has 1 aromatic carbocycles. The van der Waals surface area contributed by atoms with Gasteiger partial charge < -0.3 is 15.3 Å². The van der Waals surface area contributed by atoms with Crippen molar-refractivity contribution in [3.63, 3.8) is 0 Å². The molecule has 1 atom stereocenters. The number of aromatic hydroxyl groups is 1. The average molecular weight is 276 g/mol. The Hall–Kier alpha value is -1.55. The summed E-state index contributed by atoms with van der Waals surface area (Å²) in [7, 11) is 0. The Balaban J connectivity index is 1.87. The second-order valence-electron chi connectivity index (χ2n) is 5.80. The summed E-state index contributed by atoms with van der Waals surface area (Å²) in [5.74, 6) is 0.652. The van der Waals surface area contributed by atoms with E-state index in [-0.39, 0.29) is 11.9 Å². The highest BCUT2D eigenvalue weighted by Gasteiger charge is 2.21. The zero-order chi connectivity index (χ0) is 14.7. The van der Waals surface area contributed by atoms with Crippen LogP contribution in [-0.2, 0) is 11.3 Å². The minimum atomic E-state index is 0.270. The molecule has 4 nitrogen and oxygen atoms in total. The molecule has 0 aromatic heterocycles. The SMILES string of the molecule is Cc1cc(CNC(C)CN2CCCC2=O)cc(C)c1O. The summed E-state index contributed by atoms with van der Waals surface area (Å²) in [6.45, 7) is 8.35. The number of hydrogen-bond donors (Lipinski definition) is 2. The summed E-state index contributed by atoms with van der Waals surface area (Å²) in [5.41, 5.74) is 2.98. The van der Waals surface area contributed by atoms with Crippen molar-refractivity contribution in [2.75, 3.05) is 13.1 Å². The van der Waals surface area contributed by atoms with E-state index in [4.69, 9.17) is 0 Å². The number of nitrogens with zero attached hydrogens (tertiary/aromatic N) is 1. The van der Waals surface area contributed by atoms with Crippen LogP contribution in [-0.4, -0.2) is 35.0 Å². The predicted molar refractivity (Wildman–Crippen MR) is 79.7 cm³/mol. The molecule has 2 rings (SSSR count). The molecule has 110 valence electrons. The summed E-state index contributed by atoms with van der Waals surface area (Å²) in [6.07, 6.45) is 1.69. The van der Waals surface area contributed by atoms with Crippen LogP contribution in [0.2, 0.25) is 0 Å². The normalized spacial score (nSPS) is 16.8. The lowest BCUT2D eigenvalue weighted by atomic mass is 10.1. The van der Waals surface area contributed by atoms with Crippen molar-refractivity contribution < 1.29 is 9.90 Å². The molecule has 0 spiro atoms. The number of benzene rings is 1. The number of aryl methyl sites for hydroxylation is 2. The maximum Gasteiger partial charge on any atom is 0.222 e. The van der Waals surface area contributed by atoms with Gasteiger partial charge in [0.15, 0.2) is 0 Å². The van der Waals surface area contributed by atoms with Crippen molar-refractivity contribution >= 4 is 5.91 Å². The highest BCUT2D eigenvalue weighted by atomic mass is 16.3. The molecule has 1 aliphatic rings. The minimum absolute atomic E-state index is 0.270. The third-order valence-electron chi connectivity index (χ3n) is 3.87. The Kier molecular flexibility index (Phi) is 4.65. The van der Waals surface area contributed by atoms with Crippen LogP contribution in [0, 0.1) is 13.8 Å². The van der Waals surface area contributed by atoms with Gasteiger partial charge in [-0.25, -0.2) is 0 Å². The van der Waals surface area contributed by atoms with E-state index >= 15 is 0 Å². The highest BCUT2D eigenvalue weighted by Crippen LogP contribution is 2.22. The second-order valence-corrected chi connectivity index (χ2v) is 5.80. The molecular formula is C16H24N2O2. The molecule has 0 aliphatic carbocycles. The fourth-order valence-corrected chi connectivity index (χ4v) is 2.73. The molecule has 2 N–H and O–H groups in total. The molecule has 1 aromatic rings. The smallest absolute Gasteiger partial charge is 0.222 e. The standard InChI is InChI=1S/C16H24N2O2/c1-11-7-14(8-12(2)16(11)20)9-17-13(3)10-18-6-4-5-15(18)19/h7-8,13,17,20H,4-6,9-10H2,1-3H3. The number of phenolic OH excluding ortho intramolecular Hbond substituents is 1. The van der Waals surface area contributed by atoms with E-state index in [1.165, 1.54) is 0 Å². The number of rotatable bonds is 5. The molecule has 0 saturated carbocycles. The lowest BCUT2D eigenvalue weighted by Gasteiger charge is -2.22. The number of carbonyl (C=O) groups excluding carboxylic acids is 1. The van der Waals surface area contributed by atoms with Crippen LogP contribution in [0.25, 0.3) is 0 Å².